The third-order valence-corrected chi connectivity index (χ3v) is 3.91. The van der Waals surface area contributed by atoms with Gasteiger partial charge in [0, 0.05) is 17.3 Å². The lowest BCUT2D eigenvalue weighted by molar-refractivity contribution is 0.601. The van der Waals surface area contributed by atoms with Crippen molar-refractivity contribution in [2.24, 2.45) is 0 Å². The summed E-state index contributed by atoms with van der Waals surface area (Å²) in [6.07, 6.45) is 1.39. The summed E-state index contributed by atoms with van der Waals surface area (Å²) in [5.41, 5.74) is 0.0667. The number of aromatic nitrogens is 1. The zero-order valence-electron chi connectivity index (χ0n) is 9.54. The molecule has 0 spiro atoms. The van der Waals surface area contributed by atoms with E-state index >= 15 is 0 Å². The molecule has 0 saturated carbocycles. The number of hydrogen-bond donors (Lipinski definition) is 1. The van der Waals surface area contributed by atoms with E-state index in [1.165, 1.54) is 30.5 Å². The third-order valence-electron chi connectivity index (χ3n) is 2.26. The highest BCUT2D eigenvalue weighted by Gasteiger charge is 2.18. The van der Waals surface area contributed by atoms with Crippen LogP contribution in [-0.4, -0.2) is 13.4 Å². The summed E-state index contributed by atoms with van der Waals surface area (Å²) in [6, 6.07) is 10.7. The minimum absolute atomic E-state index is 0.0667. The number of nitrogens with zero attached hydrogens (tertiary/aromatic N) is 2. The van der Waals surface area contributed by atoms with Gasteiger partial charge >= 0.3 is 0 Å². The number of hydrogen-bond acceptors (Lipinski definition) is 4. The Kier molecular flexibility index (Phi) is 3.69. The summed E-state index contributed by atoms with van der Waals surface area (Å²) in [5.74, 6) is 0.0974. The molecule has 0 aliphatic rings. The van der Waals surface area contributed by atoms with Gasteiger partial charge in [0.2, 0.25) is 0 Å². The monoisotopic (exact) mass is 293 g/mol. The highest BCUT2D eigenvalue weighted by atomic mass is 35.5. The van der Waals surface area contributed by atoms with Crippen molar-refractivity contribution in [2.75, 3.05) is 4.72 Å². The van der Waals surface area contributed by atoms with Crippen molar-refractivity contribution >= 4 is 27.4 Å². The summed E-state index contributed by atoms with van der Waals surface area (Å²) in [4.78, 5) is 3.75. The fraction of sp³-hybridized carbons (Fsp3) is 0. The maximum atomic E-state index is 12.1. The van der Waals surface area contributed by atoms with E-state index in [-0.39, 0.29) is 16.3 Å². The van der Waals surface area contributed by atoms with Crippen LogP contribution in [0.4, 0.5) is 5.82 Å². The zero-order chi connectivity index (χ0) is 13.9. The van der Waals surface area contributed by atoms with Crippen LogP contribution in [0.3, 0.4) is 0 Å². The first-order valence-corrected chi connectivity index (χ1v) is 7.02. The highest BCUT2D eigenvalue weighted by molar-refractivity contribution is 7.92. The van der Waals surface area contributed by atoms with Crippen LogP contribution in [-0.2, 0) is 10.0 Å². The van der Waals surface area contributed by atoms with Gasteiger partial charge in [0.15, 0.2) is 0 Å². The molecule has 2 aromatic rings. The Labute approximate surface area is 115 Å². The standard InChI is InChI=1S/C12H8ClN3O2S/c13-10-5-6-15-12(7-10)16-19(17,18)11-4-2-1-3-9(11)8-14/h1-7H,(H,15,16). The second-order valence-electron chi connectivity index (χ2n) is 3.57. The first-order valence-electron chi connectivity index (χ1n) is 5.16. The molecule has 2 rings (SSSR count). The first kappa shape index (κ1) is 13.3. The van der Waals surface area contributed by atoms with Crippen molar-refractivity contribution in [3.8, 4) is 6.07 Å². The van der Waals surface area contributed by atoms with Crippen molar-refractivity contribution < 1.29 is 8.42 Å². The smallest absolute Gasteiger partial charge is 0.263 e. The second kappa shape index (κ2) is 5.26. The molecule has 0 fully saturated rings. The second-order valence-corrected chi connectivity index (χ2v) is 5.66. The zero-order valence-corrected chi connectivity index (χ0v) is 11.1. The van der Waals surface area contributed by atoms with E-state index in [4.69, 9.17) is 16.9 Å². The number of anilines is 1. The SMILES string of the molecule is N#Cc1ccccc1S(=O)(=O)Nc1cc(Cl)ccn1. The Bertz CT molecular complexity index is 754. The van der Waals surface area contributed by atoms with Gasteiger partial charge in [-0.05, 0) is 18.2 Å². The molecule has 0 aliphatic carbocycles. The molecule has 5 nitrogen and oxygen atoms in total. The summed E-state index contributed by atoms with van der Waals surface area (Å²) in [5, 5.41) is 9.28. The molecular weight excluding hydrogens is 286 g/mol. The van der Waals surface area contributed by atoms with Crippen molar-refractivity contribution in [3.05, 3.63) is 53.2 Å². The number of pyridine rings is 1. The lowest BCUT2D eigenvalue weighted by Gasteiger charge is -2.08. The fourth-order valence-electron chi connectivity index (χ4n) is 1.45. The fourth-order valence-corrected chi connectivity index (χ4v) is 2.76. The van der Waals surface area contributed by atoms with Crippen LogP contribution in [0.15, 0.2) is 47.5 Å². The van der Waals surface area contributed by atoms with Gasteiger partial charge in [-0.25, -0.2) is 13.4 Å². The summed E-state index contributed by atoms with van der Waals surface area (Å²) in [7, 11) is -3.87. The van der Waals surface area contributed by atoms with Crippen LogP contribution in [0.2, 0.25) is 5.02 Å². The van der Waals surface area contributed by atoms with Gasteiger partial charge in [-0.15, -0.1) is 0 Å². The van der Waals surface area contributed by atoms with Crippen LogP contribution < -0.4 is 4.72 Å². The molecule has 1 N–H and O–H groups in total. The van der Waals surface area contributed by atoms with E-state index in [1.54, 1.807) is 12.1 Å². The van der Waals surface area contributed by atoms with Crippen LogP contribution in [0.25, 0.3) is 0 Å². The molecule has 1 aromatic carbocycles. The number of halogens is 1. The molecule has 0 unspecified atom stereocenters. The van der Waals surface area contributed by atoms with Crippen molar-refractivity contribution in [1.82, 2.24) is 4.98 Å². The number of rotatable bonds is 3. The van der Waals surface area contributed by atoms with Gasteiger partial charge in [-0.2, -0.15) is 5.26 Å². The van der Waals surface area contributed by atoms with Gasteiger partial charge in [-0.3, -0.25) is 4.72 Å². The van der Waals surface area contributed by atoms with E-state index in [9.17, 15) is 8.42 Å². The van der Waals surface area contributed by atoms with Crippen LogP contribution in [0.1, 0.15) is 5.56 Å². The minimum Gasteiger partial charge on any atom is -0.263 e. The molecule has 0 radical (unpaired) electrons. The first-order chi connectivity index (χ1) is 9.03. The predicted octanol–water partition coefficient (Wildman–Crippen LogP) is 2.41. The van der Waals surface area contributed by atoms with Crippen molar-refractivity contribution in [2.45, 2.75) is 4.90 Å². The van der Waals surface area contributed by atoms with Crippen molar-refractivity contribution in [3.63, 3.8) is 0 Å². The number of nitrogens with one attached hydrogen (secondary N) is 1. The molecule has 1 heterocycles. The molecule has 96 valence electrons. The minimum atomic E-state index is -3.87. The number of nitriles is 1. The molecule has 19 heavy (non-hydrogen) atoms. The lowest BCUT2D eigenvalue weighted by Crippen LogP contribution is -2.15. The molecule has 0 atom stereocenters. The van der Waals surface area contributed by atoms with Gasteiger partial charge in [-0.1, -0.05) is 23.7 Å². The number of sulfonamides is 1. The van der Waals surface area contributed by atoms with Crippen LogP contribution in [0, 0.1) is 11.3 Å². The van der Waals surface area contributed by atoms with Gasteiger partial charge < -0.3 is 0 Å². The Balaban J connectivity index is 2.41. The Morgan fingerprint density at radius 3 is 2.68 bits per heavy atom. The number of benzene rings is 1. The Morgan fingerprint density at radius 2 is 2.00 bits per heavy atom. The van der Waals surface area contributed by atoms with E-state index < -0.39 is 10.0 Å². The van der Waals surface area contributed by atoms with E-state index in [2.05, 4.69) is 9.71 Å². The maximum Gasteiger partial charge on any atom is 0.264 e. The molecule has 1 aromatic heterocycles. The molecule has 0 bridgehead atoms. The van der Waals surface area contributed by atoms with Gasteiger partial charge in [0.05, 0.1) is 5.56 Å². The summed E-state index contributed by atoms with van der Waals surface area (Å²) < 4.78 is 26.6. The molecule has 0 saturated heterocycles. The third kappa shape index (κ3) is 3.02. The highest BCUT2D eigenvalue weighted by Crippen LogP contribution is 2.19. The molecule has 0 amide bonds. The lowest BCUT2D eigenvalue weighted by atomic mass is 10.2. The Morgan fingerprint density at radius 1 is 1.26 bits per heavy atom. The quantitative estimate of drug-likeness (QED) is 0.942. The van der Waals surface area contributed by atoms with Crippen LogP contribution >= 0.6 is 11.6 Å². The molecular formula is C12H8ClN3O2S. The van der Waals surface area contributed by atoms with Gasteiger partial charge in [0.1, 0.15) is 16.8 Å². The van der Waals surface area contributed by atoms with Crippen molar-refractivity contribution in [1.29, 1.82) is 5.26 Å². The van der Waals surface area contributed by atoms with E-state index in [1.807, 2.05) is 6.07 Å². The van der Waals surface area contributed by atoms with E-state index in [0.29, 0.717) is 5.02 Å². The summed E-state index contributed by atoms with van der Waals surface area (Å²) >= 11 is 5.75. The molecule has 0 aliphatic heterocycles. The molecule has 7 heteroatoms. The normalized spacial score (nSPS) is 10.7. The average molecular weight is 294 g/mol. The predicted molar refractivity (Wildman–Crippen MR) is 71.2 cm³/mol. The Hall–Kier alpha value is -2.10. The topological polar surface area (TPSA) is 82.8 Å². The average Bonchev–Trinajstić information content (AvgIpc) is 2.38. The van der Waals surface area contributed by atoms with E-state index in [0.717, 1.165) is 0 Å². The largest absolute Gasteiger partial charge is 0.264 e. The summed E-state index contributed by atoms with van der Waals surface area (Å²) in [6.45, 7) is 0. The van der Waals surface area contributed by atoms with Crippen LogP contribution in [0.5, 0.6) is 0 Å². The maximum absolute atomic E-state index is 12.1. The van der Waals surface area contributed by atoms with Gasteiger partial charge in [0.25, 0.3) is 10.0 Å².